The van der Waals surface area contributed by atoms with Crippen molar-refractivity contribution in [2.75, 3.05) is 13.1 Å². The van der Waals surface area contributed by atoms with Crippen LogP contribution in [0.2, 0.25) is 0 Å². The zero-order valence-corrected chi connectivity index (χ0v) is 6.82. The first-order valence-corrected chi connectivity index (χ1v) is 3.97. The molecule has 1 aliphatic rings. The van der Waals surface area contributed by atoms with E-state index in [4.69, 9.17) is 4.74 Å². The van der Waals surface area contributed by atoms with Crippen molar-refractivity contribution in [2.45, 2.75) is 31.7 Å². The fourth-order valence-corrected chi connectivity index (χ4v) is 1.14. The molecule has 0 aromatic heterocycles. The molecule has 1 heterocycles. The molecule has 5 heteroatoms. The SMILES string of the molecule is CCC1CNCC(C(F)(F)F)O1. The van der Waals surface area contributed by atoms with Crippen molar-refractivity contribution in [3.05, 3.63) is 0 Å². The van der Waals surface area contributed by atoms with Gasteiger partial charge in [0.15, 0.2) is 6.10 Å². The van der Waals surface area contributed by atoms with E-state index in [1.165, 1.54) is 0 Å². The Hall–Kier alpha value is -0.290. The third-order valence-corrected chi connectivity index (χ3v) is 1.88. The molecular weight excluding hydrogens is 171 g/mol. The van der Waals surface area contributed by atoms with Crippen molar-refractivity contribution in [3.63, 3.8) is 0 Å². The van der Waals surface area contributed by atoms with Crippen LogP contribution >= 0.6 is 0 Å². The topological polar surface area (TPSA) is 21.3 Å². The van der Waals surface area contributed by atoms with Gasteiger partial charge < -0.3 is 10.1 Å². The third kappa shape index (κ3) is 2.35. The average molecular weight is 183 g/mol. The number of hydrogen-bond acceptors (Lipinski definition) is 2. The number of morpholine rings is 1. The maximum atomic E-state index is 12.1. The minimum absolute atomic E-state index is 0.125. The van der Waals surface area contributed by atoms with Gasteiger partial charge in [-0.1, -0.05) is 6.92 Å². The molecule has 2 unspecified atom stereocenters. The average Bonchev–Trinajstić information content (AvgIpc) is 2.03. The highest BCUT2D eigenvalue weighted by Gasteiger charge is 2.43. The van der Waals surface area contributed by atoms with Crippen molar-refractivity contribution in [3.8, 4) is 0 Å². The molecule has 0 radical (unpaired) electrons. The molecule has 0 amide bonds. The molecule has 0 spiro atoms. The maximum Gasteiger partial charge on any atom is 0.415 e. The van der Waals surface area contributed by atoms with Crippen LogP contribution in [-0.2, 0) is 4.74 Å². The van der Waals surface area contributed by atoms with Crippen LogP contribution in [0.5, 0.6) is 0 Å². The lowest BCUT2D eigenvalue weighted by molar-refractivity contribution is -0.239. The standard InChI is InChI=1S/C7H12F3NO/c1-2-5-3-11-4-6(12-5)7(8,9)10/h5-6,11H,2-4H2,1H3. The summed E-state index contributed by atoms with van der Waals surface area (Å²) in [5.74, 6) is 0. The number of ether oxygens (including phenoxy) is 1. The van der Waals surface area contributed by atoms with E-state index in [1.54, 1.807) is 0 Å². The minimum Gasteiger partial charge on any atom is -0.363 e. The normalized spacial score (nSPS) is 32.0. The molecule has 1 saturated heterocycles. The Labute approximate surface area is 69.1 Å². The lowest BCUT2D eigenvalue weighted by atomic mass is 10.2. The van der Waals surface area contributed by atoms with Crippen molar-refractivity contribution in [2.24, 2.45) is 0 Å². The Bertz CT molecular complexity index is 148. The van der Waals surface area contributed by atoms with Crippen LogP contribution in [-0.4, -0.2) is 31.5 Å². The van der Waals surface area contributed by atoms with E-state index >= 15 is 0 Å². The van der Waals surface area contributed by atoms with Gasteiger partial charge >= 0.3 is 6.18 Å². The summed E-state index contributed by atoms with van der Waals surface area (Å²) < 4.78 is 41.1. The van der Waals surface area contributed by atoms with Crippen molar-refractivity contribution < 1.29 is 17.9 Å². The first-order valence-electron chi connectivity index (χ1n) is 3.97. The molecule has 0 aromatic carbocycles. The van der Waals surface area contributed by atoms with Crippen LogP contribution in [0.1, 0.15) is 13.3 Å². The first-order chi connectivity index (χ1) is 5.54. The van der Waals surface area contributed by atoms with Crippen LogP contribution < -0.4 is 5.32 Å². The Morgan fingerprint density at radius 1 is 1.42 bits per heavy atom. The molecule has 1 fully saturated rings. The van der Waals surface area contributed by atoms with E-state index in [9.17, 15) is 13.2 Å². The number of alkyl halides is 3. The smallest absolute Gasteiger partial charge is 0.363 e. The molecule has 2 atom stereocenters. The summed E-state index contributed by atoms with van der Waals surface area (Å²) >= 11 is 0. The van der Waals surface area contributed by atoms with E-state index in [0.717, 1.165) is 0 Å². The molecular formula is C7H12F3NO. The fourth-order valence-electron chi connectivity index (χ4n) is 1.14. The van der Waals surface area contributed by atoms with Gasteiger partial charge in [0.2, 0.25) is 0 Å². The Kier molecular flexibility index (Phi) is 2.95. The molecule has 0 saturated carbocycles. The monoisotopic (exact) mass is 183 g/mol. The Morgan fingerprint density at radius 2 is 2.08 bits per heavy atom. The number of rotatable bonds is 1. The summed E-state index contributed by atoms with van der Waals surface area (Å²) in [7, 11) is 0. The Balaban J connectivity index is 2.46. The van der Waals surface area contributed by atoms with E-state index in [0.29, 0.717) is 13.0 Å². The van der Waals surface area contributed by atoms with Gasteiger partial charge in [-0.15, -0.1) is 0 Å². The summed E-state index contributed by atoms with van der Waals surface area (Å²) in [4.78, 5) is 0. The van der Waals surface area contributed by atoms with Crippen molar-refractivity contribution >= 4 is 0 Å². The van der Waals surface area contributed by atoms with Crippen LogP contribution in [0.15, 0.2) is 0 Å². The second-order valence-electron chi connectivity index (χ2n) is 2.85. The van der Waals surface area contributed by atoms with Gasteiger partial charge in [0.05, 0.1) is 6.10 Å². The van der Waals surface area contributed by atoms with Crippen molar-refractivity contribution in [1.82, 2.24) is 5.32 Å². The summed E-state index contributed by atoms with van der Waals surface area (Å²) in [5.41, 5.74) is 0. The van der Waals surface area contributed by atoms with E-state index in [-0.39, 0.29) is 12.6 Å². The molecule has 1 aliphatic heterocycles. The van der Waals surface area contributed by atoms with Gasteiger partial charge in [-0.2, -0.15) is 13.2 Å². The number of hydrogen-bond donors (Lipinski definition) is 1. The molecule has 0 aromatic rings. The second-order valence-corrected chi connectivity index (χ2v) is 2.85. The van der Waals surface area contributed by atoms with Crippen LogP contribution in [0.25, 0.3) is 0 Å². The zero-order valence-electron chi connectivity index (χ0n) is 6.82. The highest BCUT2D eigenvalue weighted by molar-refractivity contribution is 4.78. The van der Waals surface area contributed by atoms with Gasteiger partial charge in [0, 0.05) is 13.1 Å². The molecule has 0 bridgehead atoms. The maximum absolute atomic E-state index is 12.1. The summed E-state index contributed by atoms with van der Waals surface area (Å²) in [6.07, 6.45) is -5.55. The van der Waals surface area contributed by atoms with Crippen LogP contribution in [0.4, 0.5) is 13.2 Å². The van der Waals surface area contributed by atoms with E-state index in [1.807, 2.05) is 6.92 Å². The molecule has 1 rings (SSSR count). The minimum atomic E-state index is -4.24. The summed E-state index contributed by atoms with van der Waals surface area (Å²) in [5, 5.41) is 2.70. The largest absolute Gasteiger partial charge is 0.415 e. The molecule has 1 N–H and O–H groups in total. The zero-order chi connectivity index (χ0) is 9.19. The summed E-state index contributed by atoms with van der Waals surface area (Å²) in [6.45, 7) is 2.20. The number of halogens is 3. The number of nitrogens with one attached hydrogen (secondary N) is 1. The predicted octanol–water partition coefficient (Wildman–Crippen LogP) is 1.32. The quantitative estimate of drug-likeness (QED) is 0.661. The van der Waals surface area contributed by atoms with Crippen LogP contribution in [0.3, 0.4) is 0 Å². The molecule has 0 aliphatic carbocycles. The summed E-state index contributed by atoms with van der Waals surface area (Å²) in [6, 6.07) is 0. The second kappa shape index (κ2) is 3.62. The van der Waals surface area contributed by atoms with Gasteiger partial charge in [0.1, 0.15) is 0 Å². The highest BCUT2D eigenvalue weighted by Crippen LogP contribution is 2.25. The Morgan fingerprint density at radius 3 is 2.58 bits per heavy atom. The molecule has 2 nitrogen and oxygen atoms in total. The lowest BCUT2D eigenvalue weighted by Crippen LogP contribution is -2.50. The predicted molar refractivity (Wildman–Crippen MR) is 37.9 cm³/mol. The van der Waals surface area contributed by atoms with Crippen LogP contribution in [0, 0.1) is 0 Å². The molecule has 12 heavy (non-hydrogen) atoms. The van der Waals surface area contributed by atoms with Gasteiger partial charge in [-0.25, -0.2) is 0 Å². The fraction of sp³-hybridized carbons (Fsp3) is 1.00. The van der Waals surface area contributed by atoms with E-state index in [2.05, 4.69) is 5.32 Å². The highest BCUT2D eigenvalue weighted by atomic mass is 19.4. The van der Waals surface area contributed by atoms with Crippen molar-refractivity contribution in [1.29, 1.82) is 0 Å². The van der Waals surface area contributed by atoms with E-state index < -0.39 is 12.3 Å². The lowest BCUT2D eigenvalue weighted by Gasteiger charge is -2.31. The van der Waals surface area contributed by atoms with Gasteiger partial charge in [-0.05, 0) is 6.42 Å². The first kappa shape index (κ1) is 9.80. The van der Waals surface area contributed by atoms with Gasteiger partial charge in [-0.3, -0.25) is 0 Å². The molecule has 72 valence electrons. The third-order valence-electron chi connectivity index (χ3n) is 1.88. The van der Waals surface area contributed by atoms with Gasteiger partial charge in [0.25, 0.3) is 0 Å².